The number of aliphatic hydroxyl groups is 1. The molecule has 0 unspecified atom stereocenters. The predicted octanol–water partition coefficient (Wildman–Crippen LogP) is 2.08. The van der Waals surface area contributed by atoms with E-state index in [2.05, 4.69) is 6.58 Å². The molecule has 1 heterocycles. The average molecular weight is 243 g/mol. The van der Waals surface area contributed by atoms with Crippen molar-refractivity contribution in [2.24, 2.45) is 0 Å². The summed E-state index contributed by atoms with van der Waals surface area (Å²) in [5.41, 5.74) is -0.556. The average Bonchev–Trinajstić information content (AvgIpc) is 2.13. The smallest absolute Gasteiger partial charge is 0.411 e. The van der Waals surface area contributed by atoms with Crippen LogP contribution in [0.3, 0.4) is 0 Å². The van der Waals surface area contributed by atoms with Crippen molar-refractivity contribution in [3.63, 3.8) is 0 Å². The Kier molecular flexibility index (Phi) is 4.03. The lowest BCUT2D eigenvalue weighted by Gasteiger charge is -2.39. The molecule has 1 saturated heterocycles. The number of nitrogens with zero attached hydrogens (tertiary/aromatic N) is 1. The monoisotopic (exact) mass is 243 g/mol. The van der Waals surface area contributed by atoms with E-state index < -0.39 is 17.7 Å². The quantitative estimate of drug-likeness (QED) is 0.716. The Hall–Kier alpha value is -1.23. The van der Waals surface area contributed by atoms with Gasteiger partial charge < -0.3 is 14.6 Å². The first-order valence-corrected chi connectivity index (χ1v) is 5.71. The van der Waals surface area contributed by atoms with Crippen molar-refractivity contribution < 1.29 is 19.4 Å². The van der Waals surface area contributed by atoms with Gasteiger partial charge in [-0.2, -0.15) is 0 Å². The highest BCUT2D eigenvalue weighted by atomic mass is 16.6. The minimum absolute atomic E-state index is 0.0805. The van der Waals surface area contributed by atoms with Crippen LogP contribution in [0, 0.1) is 0 Å². The Bertz CT molecular complexity index is 308. The van der Waals surface area contributed by atoms with Gasteiger partial charge >= 0.3 is 6.09 Å². The van der Waals surface area contributed by atoms with Crippen LogP contribution in [0.15, 0.2) is 12.3 Å². The van der Waals surface area contributed by atoms with Crippen LogP contribution in [0.2, 0.25) is 0 Å². The second-order valence-electron chi connectivity index (χ2n) is 5.19. The molecule has 0 aliphatic carbocycles. The van der Waals surface area contributed by atoms with E-state index >= 15 is 0 Å². The van der Waals surface area contributed by atoms with Crippen LogP contribution in [-0.4, -0.2) is 47.0 Å². The molecule has 0 bridgehead atoms. The van der Waals surface area contributed by atoms with Crippen LogP contribution in [0.5, 0.6) is 0 Å². The molecule has 1 amide bonds. The number of carbonyl (C=O) groups excluding carboxylic acids is 1. The number of carbonyl (C=O) groups is 1. The molecule has 0 aromatic heterocycles. The van der Waals surface area contributed by atoms with Crippen molar-refractivity contribution >= 4 is 6.09 Å². The van der Waals surface area contributed by atoms with Gasteiger partial charge in [-0.3, -0.25) is 4.90 Å². The number of hydrogen-bond acceptors (Lipinski definition) is 4. The first kappa shape index (κ1) is 13.8. The summed E-state index contributed by atoms with van der Waals surface area (Å²) >= 11 is 0. The summed E-state index contributed by atoms with van der Waals surface area (Å²) in [6, 6.07) is -0.543. The van der Waals surface area contributed by atoms with Crippen LogP contribution >= 0.6 is 0 Å². The molecule has 1 fully saturated rings. The fourth-order valence-corrected chi connectivity index (χ4v) is 1.80. The largest absolute Gasteiger partial charge is 0.511 e. The van der Waals surface area contributed by atoms with Gasteiger partial charge in [0.2, 0.25) is 0 Å². The van der Waals surface area contributed by atoms with Crippen LogP contribution in [-0.2, 0) is 9.47 Å². The van der Waals surface area contributed by atoms with E-state index in [4.69, 9.17) is 9.47 Å². The lowest BCUT2D eigenvalue weighted by molar-refractivity contribution is -0.0668. The lowest BCUT2D eigenvalue weighted by atomic mass is 10.1. The topological polar surface area (TPSA) is 59.0 Å². The van der Waals surface area contributed by atoms with E-state index in [0.29, 0.717) is 13.2 Å². The summed E-state index contributed by atoms with van der Waals surface area (Å²) in [6.45, 7) is 11.5. The van der Waals surface area contributed by atoms with Gasteiger partial charge in [0.15, 0.2) is 0 Å². The molecule has 1 N–H and O–H groups in total. The van der Waals surface area contributed by atoms with Gasteiger partial charge in [-0.25, -0.2) is 4.79 Å². The highest BCUT2D eigenvalue weighted by molar-refractivity contribution is 5.69. The molecule has 0 aromatic carbocycles. The minimum atomic E-state index is -0.556. The lowest BCUT2D eigenvalue weighted by Crippen LogP contribution is -2.54. The van der Waals surface area contributed by atoms with Crippen molar-refractivity contribution in [3.05, 3.63) is 12.3 Å². The fourth-order valence-electron chi connectivity index (χ4n) is 1.80. The van der Waals surface area contributed by atoms with Crippen LogP contribution in [0.25, 0.3) is 0 Å². The number of ether oxygens (including phenoxy) is 2. The van der Waals surface area contributed by atoms with Crippen molar-refractivity contribution in [1.29, 1.82) is 0 Å². The third kappa shape index (κ3) is 3.63. The van der Waals surface area contributed by atoms with Gasteiger partial charge in [0, 0.05) is 6.54 Å². The van der Waals surface area contributed by atoms with Crippen molar-refractivity contribution in [3.8, 4) is 0 Å². The van der Waals surface area contributed by atoms with Gasteiger partial charge in [0.1, 0.15) is 17.4 Å². The summed E-state index contributed by atoms with van der Waals surface area (Å²) in [4.78, 5) is 13.4. The maximum atomic E-state index is 12.0. The van der Waals surface area contributed by atoms with Gasteiger partial charge in [-0.1, -0.05) is 6.58 Å². The maximum absolute atomic E-state index is 12.0. The number of morpholine rings is 1. The molecular formula is C12H21NO4. The standard InChI is InChI=1S/C12H21NO4/c1-8(14)10-9(2)16-7-6-13(10)11(15)17-12(3,4)5/h9-10,14H,1,6-7H2,2-5H3/t9-,10-/m0/s1. The highest BCUT2D eigenvalue weighted by Gasteiger charge is 2.37. The normalized spacial score (nSPS) is 25.5. The molecule has 5 heteroatoms. The molecule has 17 heavy (non-hydrogen) atoms. The second-order valence-corrected chi connectivity index (χ2v) is 5.19. The fraction of sp³-hybridized carbons (Fsp3) is 0.750. The SMILES string of the molecule is C=C(O)[C@H]1[C@H](C)OCCN1C(=O)OC(C)(C)C. The van der Waals surface area contributed by atoms with Gasteiger partial charge in [-0.15, -0.1) is 0 Å². The van der Waals surface area contributed by atoms with Crippen LogP contribution in [0.4, 0.5) is 4.79 Å². The molecule has 0 saturated carbocycles. The Balaban J connectivity index is 2.79. The van der Waals surface area contributed by atoms with Crippen LogP contribution < -0.4 is 0 Å². The Morgan fingerprint density at radius 1 is 1.53 bits per heavy atom. The molecule has 0 spiro atoms. The van der Waals surface area contributed by atoms with Crippen LogP contribution in [0.1, 0.15) is 27.7 Å². The molecule has 98 valence electrons. The molecule has 1 rings (SSSR count). The Labute approximate surface area is 102 Å². The molecule has 0 aromatic rings. The molecule has 1 aliphatic rings. The minimum Gasteiger partial charge on any atom is -0.511 e. The predicted molar refractivity (Wildman–Crippen MR) is 63.9 cm³/mol. The summed E-state index contributed by atoms with van der Waals surface area (Å²) in [6.07, 6.45) is -0.735. The zero-order chi connectivity index (χ0) is 13.2. The summed E-state index contributed by atoms with van der Waals surface area (Å²) < 4.78 is 10.7. The van der Waals surface area contributed by atoms with Crippen molar-refractivity contribution in [1.82, 2.24) is 4.90 Å². The third-order valence-corrected chi connectivity index (χ3v) is 2.46. The molecule has 5 nitrogen and oxygen atoms in total. The summed E-state index contributed by atoms with van der Waals surface area (Å²) in [7, 11) is 0. The van der Waals surface area contributed by atoms with Crippen molar-refractivity contribution in [2.75, 3.05) is 13.2 Å². The maximum Gasteiger partial charge on any atom is 0.411 e. The molecule has 1 aliphatic heterocycles. The summed E-state index contributed by atoms with van der Waals surface area (Å²) in [5.74, 6) is -0.0805. The van der Waals surface area contributed by atoms with Gasteiger partial charge in [-0.05, 0) is 27.7 Å². The van der Waals surface area contributed by atoms with Gasteiger partial charge in [0.05, 0.1) is 12.7 Å². The van der Waals surface area contributed by atoms with E-state index in [1.165, 1.54) is 4.90 Å². The first-order chi connectivity index (χ1) is 7.72. The Morgan fingerprint density at radius 3 is 2.59 bits per heavy atom. The Morgan fingerprint density at radius 2 is 2.12 bits per heavy atom. The first-order valence-electron chi connectivity index (χ1n) is 5.71. The molecule has 0 radical (unpaired) electrons. The van der Waals surface area contributed by atoms with E-state index in [1.807, 2.05) is 0 Å². The van der Waals surface area contributed by atoms with E-state index in [9.17, 15) is 9.90 Å². The zero-order valence-electron chi connectivity index (χ0n) is 10.9. The van der Waals surface area contributed by atoms with E-state index in [-0.39, 0.29) is 11.9 Å². The highest BCUT2D eigenvalue weighted by Crippen LogP contribution is 2.21. The second kappa shape index (κ2) is 4.96. The summed E-state index contributed by atoms with van der Waals surface area (Å²) in [5, 5.41) is 9.54. The third-order valence-electron chi connectivity index (χ3n) is 2.46. The molecular weight excluding hydrogens is 222 g/mol. The number of rotatable bonds is 1. The number of aliphatic hydroxyl groups excluding tert-OH is 1. The number of amides is 1. The number of hydrogen-bond donors (Lipinski definition) is 1. The van der Waals surface area contributed by atoms with Gasteiger partial charge in [0.25, 0.3) is 0 Å². The van der Waals surface area contributed by atoms with E-state index in [1.54, 1.807) is 27.7 Å². The molecule has 2 atom stereocenters. The van der Waals surface area contributed by atoms with Crippen molar-refractivity contribution in [2.45, 2.75) is 45.4 Å². The zero-order valence-corrected chi connectivity index (χ0v) is 10.9. The van der Waals surface area contributed by atoms with E-state index in [0.717, 1.165) is 0 Å².